The topological polar surface area (TPSA) is 49.9 Å². The first-order valence-electron chi connectivity index (χ1n) is 7.19. The standard InChI is InChI=1S/C14H24N2O3S/c1-4-5-12(17)16-9-14(10-16)6-11(8-20-14)19-7-13(18)15(2)3/h11H,4-10H2,1-3H3/t11-/m1/s1. The third kappa shape index (κ3) is 3.47. The minimum Gasteiger partial charge on any atom is -0.367 e. The van der Waals surface area contributed by atoms with Crippen LogP contribution in [0.15, 0.2) is 0 Å². The van der Waals surface area contributed by atoms with Gasteiger partial charge < -0.3 is 14.5 Å². The molecule has 114 valence electrons. The molecule has 0 aliphatic carbocycles. The Kier molecular flexibility index (Phi) is 4.96. The lowest BCUT2D eigenvalue weighted by molar-refractivity contribution is -0.137. The maximum Gasteiger partial charge on any atom is 0.248 e. The smallest absolute Gasteiger partial charge is 0.248 e. The second-order valence-electron chi connectivity index (χ2n) is 5.92. The molecule has 2 aliphatic heterocycles. The van der Waals surface area contributed by atoms with Crippen molar-refractivity contribution in [2.45, 2.75) is 37.0 Å². The molecule has 2 rings (SSSR count). The Hall–Kier alpha value is -0.750. The van der Waals surface area contributed by atoms with Crippen LogP contribution in [0, 0.1) is 0 Å². The second-order valence-corrected chi connectivity index (χ2v) is 7.41. The molecule has 2 aliphatic rings. The summed E-state index contributed by atoms with van der Waals surface area (Å²) in [6.45, 7) is 3.88. The number of thioether (sulfide) groups is 1. The molecule has 0 bridgehead atoms. The third-order valence-corrected chi connectivity index (χ3v) is 5.47. The van der Waals surface area contributed by atoms with E-state index < -0.39 is 0 Å². The highest BCUT2D eigenvalue weighted by molar-refractivity contribution is 8.01. The van der Waals surface area contributed by atoms with Gasteiger partial charge >= 0.3 is 0 Å². The van der Waals surface area contributed by atoms with E-state index in [0.717, 1.165) is 31.7 Å². The van der Waals surface area contributed by atoms with Gasteiger partial charge in [-0.15, -0.1) is 11.8 Å². The van der Waals surface area contributed by atoms with Crippen LogP contribution in [-0.2, 0) is 14.3 Å². The van der Waals surface area contributed by atoms with Crippen LogP contribution in [0.2, 0.25) is 0 Å². The van der Waals surface area contributed by atoms with Gasteiger partial charge in [-0.05, 0) is 12.8 Å². The van der Waals surface area contributed by atoms with Crippen molar-refractivity contribution < 1.29 is 14.3 Å². The van der Waals surface area contributed by atoms with E-state index in [0.29, 0.717) is 6.42 Å². The van der Waals surface area contributed by atoms with E-state index >= 15 is 0 Å². The number of nitrogens with zero attached hydrogens (tertiary/aromatic N) is 2. The number of ether oxygens (including phenoxy) is 1. The maximum atomic E-state index is 11.8. The van der Waals surface area contributed by atoms with Gasteiger partial charge in [0.2, 0.25) is 11.8 Å². The van der Waals surface area contributed by atoms with Crippen LogP contribution in [0.3, 0.4) is 0 Å². The fraction of sp³-hybridized carbons (Fsp3) is 0.857. The summed E-state index contributed by atoms with van der Waals surface area (Å²) >= 11 is 1.90. The first-order chi connectivity index (χ1) is 9.46. The predicted octanol–water partition coefficient (Wildman–Crippen LogP) is 0.978. The lowest BCUT2D eigenvalue weighted by atomic mass is 9.92. The molecule has 1 atom stereocenters. The van der Waals surface area contributed by atoms with Gasteiger partial charge in [-0.1, -0.05) is 6.92 Å². The second kappa shape index (κ2) is 6.35. The molecule has 6 heteroatoms. The Labute approximate surface area is 125 Å². The summed E-state index contributed by atoms with van der Waals surface area (Å²) in [5.74, 6) is 1.20. The SMILES string of the molecule is CCCC(=O)N1CC2(C[C@@H](OCC(=O)N(C)C)CS2)C1. The minimum absolute atomic E-state index is 0.00399. The molecule has 0 N–H and O–H groups in total. The summed E-state index contributed by atoms with van der Waals surface area (Å²) in [4.78, 5) is 26.8. The maximum absolute atomic E-state index is 11.8. The van der Waals surface area contributed by atoms with Crippen LogP contribution in [-0.4, -0.2) is 72.0 Å². The van der Waals surface area contributed by atoms with Crippen LogP contribution < -0.4 is 0 Å². The molecule has 0 saturated carbocycles. The van der Waals surface area contributed by atoms with Crippen LogP contribution in [0.1, 0.15) is 26.2 Å². The van der Waals surface area contributed by atoms with Crippen LogP contribution in [0.4, 0.5) is 0 Å². The largest absolute Gasteiger partial charge is 0.367 e. The molecule has 0 unspecified atom stereocenters. The number of hydrogen-bond donors (Lipinski definition) is 0. The molecule has 2 fully saturated rings. The number of rotatable bonds is 5. The van der Waals surface area contributed by atoms with Gasteiger partial charge in [0.05, 0.1) is 10.9 Å². The lowest BCUT2D eigenvalue weighted by Crippen LogP contribution is -2.60. The number of likely N-dealkylation sites (tertiary alicyclic amines) is 1. The zero-order chi connectivity index (χ0) is 14.8. The van der Waals surface area contributed by atoms with Gasteiger partial charge in [-0.2, -0.15) is 0 Å². The number of carbonyl (C=O) groups excluding carboxylic acids is 2. The number of carbonyl (C=O) groups is 2. The van der Waals surface area contributed by atoms with E-state index in [2.05, 4.69) is 0 Å². The van der Waals surface area contributed by atoms with Crippen molar-refractivity contribution in [2.75, 3.05) is 39.5 Å². The van der Waals surface area contributed by atoms with Gasteiger partial charge in [0.15, 0.2) is 0 Å². The molecule has 1 spiro atoms. The monoisotopic (exact) mass is 300 g/mol. The molecule has 0 aromatic carbocycles. The average molecular weight is 300 g/mol. The van der Waals surface area contributed by atoms with Crippen molar-refractivity contribution >= 4 is 23.6 Å². The highest BCUT2D eigenvalue weighted by Crippen LogP contribution is 2.46. The van der Waals surface area contributed by atoms with Crippen LogP contribution in [0.5, 0.6) is 0 Å². The summed E-state index contributed by atoms with van der Waals surface area (Å²) in [7, 11) is 3.47. The molecular weight excluding hydrogens is 276 g/mol. The summed E-state index contributed by atoms with van der Waals surface area (Å²) in [5.41, 5.74) is 0. The molecule has 2 heterocycles. The summed E-state index contributed by atoms with van der Waals surface area (Å²) in [6.07, 6.45) is 2.66. The molecule has 0 radical (unpaired) electrons. The third-order valence-electron chi connectivity index (χ3n) is 3.89. The van der Waals surface area contributed by atoms with Gasteiger partial charge in [0, 0.05) is 39.4 Å². The van der Waals surface area contributed by atoms with E-state index in [1.165, 1.54) is 0 Å². The van der Waals surface area contributed by atoms with Gasteiger partial charge in [-0.3, -0.25) is 9.59 Å². The van der Waals surface area contributed by atoms with Crippen LogP contribution >= 0.6 is 11.8 Å². The van der Waals surface area contributed by atoms with Crippen molar-refractivity contribution in [1.82, 2.24) is 9.80 Å². The highest BCUT2D eigenvalue weighted by Gasteiger charge is 2.50. The molecule has 0 aromatic rings. The van der Waals surface area contributed by atoms with Crippen molar-refractivity contribution in [3.05, 3.63) is 0 Å². The normalized spacial score (nSPS) is 23.8. The van der Waals surface area contributed by atoms with E-state index in [9.17, 15) is 9.59 Å². The molecule has 0 aromatic heterocycles. The molecule has 20 heavy (non-hydrogen) atoms. The van der Waals surface area contributed by atoms with Crippen molar-refractivity contribution in [1.29, 1.82) is 0 Å². The lowest BCUT2D eigenvalue weighted by Gasteiger charge is -2.47. The first kappa shape index (κ1) is 15.6. The van der Waals surface area contributed by atoms with E-state index in [-0.39, 0.29) is 29.3 Å². The number of amides is 2. The highest BCUT2D eigenvalue weighted by atomic mass is 32.2. The van der Waals surface area contributed by atoms with Crippen molar-refractivity contribution in [2.24, 2.45) is 0 Å². The zero-order valence-corrected chi connectivity index (χ0v) is 13.4. The fourth-order valence-electron chi connectivity index (χ4n) is 2.65. The minimum atomic E-state index is 0.00399. The van der Waals surface area contributed by atoms with Gasteiger partial charge in [0.25, 0.3) is 0 Å². The zero-order valence-electron chi connectivity index (χ0n) is 12.6. The Bertz CT molecular complexity index is 381. The molecule has 5 nitrogen and oxygen atoms in total. The molecule has 2 amide bonds. The number of likely N-dealkylation sites (N-methyl/N-ethyl adjacent to an activating group) is 1. The Morgan fingerprint density at radius 1 is 1.40 bits per heavy atom. The molecular formula is C14H24N2O3S. The van der Waals surface area contributed by atoms with Gasteiger partial charge in [0.1, 0.15) is 6.61 Å². The number of hydrogen-bond acceptors (Lipinski definition) is 4. The first-order valence-corrected chi connectivity index (χ1v) is 8.18. The van der Waals surface area contributed by atoms with E-state index in [4.69, 9.17) is 4.74 Å². The summed E-state index contributed by atoms with van der Waals surface area (Å²) in [5, 5.41) is 0. The summed E-state index contributed by atoms with van der Waals surface area (Å²) in [6, 6.07) is 0. The summed E-state index contributed by atoms with van der Waals surface area (Å²) < 4.78 is 5.87. The molecule has 2 saturated heterocycles. The Morgan fingerprint density at radius 2 is 2.10 bits per heavy atom. The fourth-order valence-corrected chi connectivity index (χ4v) is 4.20. The Morgan fingerprint density at radius 3 is 2.70 bits per heavy atom. The average Bonchev–Trinajstić information content (AvgIpc) is 2.78. The van der Waals surface area contributed by atoms with E-state index in [1.807, 2.05) is 23.6 Å². The van der Waals surface area contributed by atoms with Crippen LogP contribution in [0.25, 0.3) is 0 Å². The van der Waals surface area contributed by atoms with E-state index in [1.54, 1.807) is 19.0 Å². The van der Waals surface area contributed by atoms with Crippen molar-refractivity contribution in [3.8, 4) is 0 Å². The Balaban J connectivity index is 1.71. The van der Waals surface area contributed by atoms with Crippen molar-refractivity contribution in [3.63, 3.8) is 0 Å². The predicted molar refractivity (Wildman–Crippen MR) is 79.7 cm³/mol. The van der Waals surface area contributed by atoms with Gasteiger partial charge in [-0.25, -0.2) is 0 Å². The quantitative estimate of drug-likeness (QED) is 0.759.